The second-order valence-corrected chi connectivity index (χ2v) is 5.25. The van der Waals surface area contributed by atoms with Crippen LogP contribution in [0.5, 0.6) is 5.75 Å². The predicted molar refractivity (Wildman–Crippen MR) is 79.1 cm³/mol. The number of hydrogen-bond acceptors (Lipinski definition) is 3. The Bertz CT molecular complexity index is 618. The highest BCUT2D eigenvalue weighted by Gasteiger charge is 2.20. The predicted octanol–water partition coefficient (Wildman–Crippen LogP) is 2.23. The van der Waals surface area contributed by atoms with Gasteiger partial charge in [-0.2, -0.15) is 5.10 Å². The van der Waals surface area contributed by atoms with Gasteiger partial charge in [-0.15, -0.1) is 0 Å². The molecular weight excluding hydrogens is 250 g/mol. The van der Waals surface area contributed by atoms with Gasteiger partial charge in [-0.05, 0) is 30.7 Å². The Morgan fingerprint density at radius 2 is 2.30 bits per heavy atom. The van der Waals surface area contributed by atoms with Crippen LogP contribution in [-0.4, -0.2) is 23.4 Å². The van der Waals surface area contributed by atoms with Gasteiger partial charge in [0.05, 0.1) is 18.3 Å². The number of ether oxygens (including phenoxy) is 1. The van der Waals surface area contributed by atoms with Gasteiger partial charge in [-0.3, -0.25) is 4.68 Å². The lowest BCUT2D eigenvalue weighted by atomic mass is 9.96. The average molecular weight is 271 g/mol. The first-order chi connectivity index (χ1) is 9.72. The van der Waals surface area contributed by atoms with Crippen LogP contribution in [0.1, 0.15) is 35.3 Å². The molecule has 4 heteroatoms. The first-order valence-corrected chi connectivity index (χ1v) is 7.18. The number of fused-ring (bicyclic) bond motifs is 1. The van der Waals surface area contributed by atoms with E-state index >= 15 is 0 Å². The monoisotopic (exact) mass is 271 g/mol. The maximum Gasteiger partial charge on any atom is 0.122 e. The standard InChI is InChI=1S/C16H21N3O/c1-4-14-13(10-19(3)18-14)16(17-2)12-5-6-15-11(9-12)7-8-20-15/h5-6,9-10,16-17H,4,7-8H2,1-3H3. The molecule has 106 valence electrons. The fraction of sp³-hybridized carbons (Fsp3) is 0.438. The molecule has 0 saturated heterocycles. The minimum absolute atomic E-state index is 0.185. The molecule has 0 radical (unpaired) electrons. The molecule has 1 atom stereocenters. The smallest absolute Gasteiger partial charge is 0.122 e. The largest absolute Gasteiger partial charge is 0.493 e. The van der Waals surface area contributed by atoms with E-state index in [-0.39, 0.29) is 6.04 Å². The number of rotatable bonds is 4. The summed E-state index contributed by atoms with van der Waals surface area (Å²) in [4.78, 5) is 0. The minimum atomic E-state index is 0.185. The zero-order valence-electron chi connectivity index (χ0n) is 12.3. The van der Waals surface area contributed by atoms with Gasteiger partial charge in [0.15, 0.2) is 0 Å². The Labute approximate surface area is 119 Å². The minimum Gasteiger partial charge on any atom is -0.493 e. The highest BCUT2D eigenvalue weighted by Crippen LogP contribution is 2.31. The van der Waals surface area contributed by atoms with Crippen molar-refractivity contribution in [2.24, 2.45) is 7.05 Å². The van der Waals surface area contributed by atoms with Gasteiger partial charge in [0.25, 0.3) is 0 Å². The number of nitrogens with one attached hydrogen (secondary N) is 1. The quantitative estimate of drug-likeness (QED) is 0.927. The van der Waals surface area contributed by atoms with Gasteiger partial charge >= 0.3 is 0 Å². The molecule has 0 spiro atoms. The summed E-state index contributed by atoms with van der Waals surface area (Å²) in [6.45, 7) is 2.95. The van der Waals surface area contributed by atoms with Crippen molar-refractivity contribution in [1.82, 2.24) is 15.1 Å². The normalized spacial score (nSPS) is 14.9. The third kappa shape index (κ3) is 2.20. The van der Waals surface area contributed by atoms with Crippen molar-refractivity contribution in [2.45, 2.75) is 25.8 Å². The third-order valence-electron chi connectivity index (χ3n) is 3.92. The molecule has 0 fully saturated rings. The van der Waals surface area contributed by atoms with Gasteiger partial charge in [-0.25, -0.2) is 0 Å². The van der Waals surface area contributed by atoms with Crippen molar-refractivity contribution >= 4 is 0 Å². The van der Waals surface area contributed by atoms with E-state index in [1.54, 1.807) is 0 Å². The molecule has 0 aliphatic carbocycles. The van der Waals surface area contributed by atoms with E-state index in [0.29, 0.717) is 0 Å². The van der Waals surface area contributed by atoms with Crippen LogP contribution in [0.2, 0.25) is 0 Å². The first kappa shape index (κ1) is 13.2. The molecule has 1 aromatic heterocycles. The summed E-state index contributed by atoms with van der Waals surface area (Å²) >= 11 is 0. The number of hydrogen-bond donors (Lipinski definition) is 1. The second-order valence-electron chi connectivity index (χ2n) is 5.25. The van der Waals surface area contributed by atoms with Gasteiger partial charge < -0.3 is 10.1 Å². The van der Waals surface area contributed by atoms with E-state index in [2.05, 4.69) is 41.7 Å². The molecule has 4 nitrogen and oxygen atoms in total. The van der Waals surface area contributed by atoms with Crippen molar-refractivity contribution in [3.8, 4) is 5.75 Å². The molecule has 2 heterocycles. The zero-order valence-corrected chi connectivity index (χ0v) is 12.3. The van der Waals surface area contributed by atoms with E-state index in [1.165, 1.54) is 16.7 Å². The van der Waals surface area contributed by atoms with Gasteiger partial charge in [0, 0.05) is 25.2 Å². The van der Waals surface area contributed by atoms with Crippen molar-refractivity contribution in [2.75, 3.05) is 13.7 Å². The fourth-order valence-corrected chi connectivity index (χ4v) is 2.96. The third-order valence-corrected chi connectivity index (χ3v) is 3.92. The molecule has 3 rings (SSSR count). The Balaban J connectivity index is 2.01. The van der Waals surface area contributed by atoms with E-state index < -0.39 is 0 Å². The lowest BCUT2D eigenvalue weighted by Crippen LogP contribution is -2.18. The summed E-state index contributed by atoms with van der Waals surface area (Å²) < 4.78 is 7.48. The molecule has 2 aromatic rings. The van der Waals surface area contributed by atoms with Crippen molar-refractivity contribution in [3.63, 3.8) is 0 Å². The number of aryl methyl sites for hydroxylation is 2. The number of benzene rings is 1. The summed E-state index contributed by atoms with van der Waals surface area (Å²) in [5.41, 5.74) is 5.00. The maximum absolute atomic E-state index is 5.58. The van der Waals surface area contributed by atoms with Crippen LogP contribution in [-0.2, 0) is 19.9 Å². The zero-order chi connectivity index (χ0) is 14.1. The van der Waals surface area contributed by atoms with Gasteiger partial charge in [0.1, 0.15) is 5.75 Å². The van der Waals surface area contributed by atoms with Crippen molar-refractivity contribution in [1.29, 1.82) is 0 Å². The van der Waals surface area contributed by atoms with Crippen LogP contribution < -0.4 is 10.1 Å². The highest BCUT2D eigenvalue weighted by molar-refractivity contribution is 5.43. The van der Waals surface area contributed by atoms with Gasteiger partial charge in [0.2, 0.25) is 0 Å². The van der Waals surface area contributed by atoms with Crippen molar-refractivity contribution in [3.05, 3.63) is 46.8 Å². The lowest BCUT2D eigenvalue weighted by molar-refractivity contribution is 0.357. The van der Waals surface area contributed by atoms with Crippen LogP contribution in [0.4, 0.5) is 0 Å². The molecular formula is C16H21N3O. The second kappa shape index (κ2) is 5.29. The average Bonchev–Trinajstić information content (AvgIpc) is 3.05. The first-order valence-electron chi connectivity index (χ1n) is 7.18. The molecule has 1 aliphatic rings. The summed E-state index contributed by atoms with van der Waals surface area (Å²) in [6.07, 6.45) is 4.07. The molecule has 1 aliphatic heterocycles. The summed E-state index contributed by atoms with van der Waals surface area (Å²) in [7, 11) is 3.98. The van der Waals surface area contributed by atoms with Crippen molar-refractivity contribution < 1.29 is 4.74 Å². The SMILES string of the molecule is CCc1nn(C)cc1C(NC)c1ccc2c(c1)CCO2. The number of nitrogens with zero attached hydrogens (tertiary/aromatic N) is 2. The molecule has 1 aromatic carbocycles. The molecule has 1 N–H and O–H groups in total. The van der Waals surface area contributed by atoms with E-state index in [9.17, 15) is 0 Å². The van der Waals surface area contributed by atoms with Crippen LogP contribution in [0.25, 0.3) is 0 Å². The summed E-state index contributed by atoms with van der Waals surface area (Å²) in [5, 5.41) is 7.97. The fourth-order valence-electron chi connectivity index (χ4n) is 2.96. The maximum atomic E-state index is 5.58. The lowest BCUT2D eigenvalue weighted by Gasteiger charge is -2.17. The molecule has 0 amide bonds. The Hall–Kier alpha value is -1.81. The molecule has 0 bridgehead atoms. The Morgan fingerprint density at radius 3 is 3.05 bits per heavy atom. The molecule has 20 heavy (non-hydrogen) atoms. The topological polar surface area (TPSA) is 39.1 Å². The highest BCUT2D eigenvalue weighted by atomic mass is 16.5. The van der Waals surface area contributed by atoms with Crippen LogP contribution in [0.3, 0.4) is 0 Å². The summed E-state index contributed by atoms with van der Waals surface area (Å²) in [6, 6.07) is 6.68. The van der Waals surface area contributed by atoms with Crippen LogP contribution in [0.15, 0.2) is 24.4 Å². The number of aromatic nitrogens is 2. The summed E-state index contributed by atoms with van der Waals surface area (Å²) in [5.74, 6) is 1.03. The van der Waals surface area contributed by atoms with E-state index in [1.807, 2.05) is 18.8 Å². The van der Waals surface area contributed by atoms with Crippen LogP contribution in [0, 0.1) is 0 Å². The Kier molecular flexibility index (Phi) is 3.49. The van der Waals surface area contributed by atoms with Crippen LogP contribution >= 0.6 is 0 Å². The van der Waals surface area contributed by atoms with E-state index in [4.69, 9.17) is 4.74 Å². The Morgan fingerprint density at radius 1 is 1.45 bits per heavy atom. The van der Waals surface area contributed by atoms with E-state index in [0.717, 1.165) is 30.9 Å². The van der Waals surface area contributed by atoms with Gasteiger partial charge in [-0.1, -0.05) is 19.1 Å². The molecule has 1 unspecified atom stereocenters. The molecule has 0 saturated carbocycles.